The number of amides is 3. The van der Waals surface area contributed by atoms with E-state index in [-0.39, 0.29) is 18.0 Å². The normalized spacial score (nSPS) is 18.7. The van der Waals surface area contributed by atoms with Crippen LogP contribution in [0.2, 0.25) is 0 Å². The first-order chi connectivity index (χ1) is 14.7. The van der Waals surface area contributed by atoms with Crippen LogP contribution < -0.4 is 10.2 Å². The number of urea groups is 1. The zero-order valence-corrected chi connectivity index (χ0v) is 16.2. The van der Waals surface area contributed by atoms with E-state index in [0.29, 0.717) is 42.6 Å². The van der Waals surface area contributed by atoms with Crippen LogP contribution >= 0.6 is 0 Å². The first-order valence-corrected chi connectivity index (χ1v) is 9.91. The second-order valence-corrected chi connectivity index (χ2v) is 7.28. The Morgan fingerprint density at radius 3 is 2.83 bits per heavy atom. The van der Waals surface area contributed by atoms with E-state index in [1.807, 2.05) is 18.2 Å². The van der Waals surface area contributed by atoms with Crippen LogP contribution in [0.25, 0.3) is 11.4 Å². The first-order valence-electron chi connectivity index (χ1n) is 9.91. The predicted octanol–water partition coefficient (Wildman–Crippen LogP) is 2.64. The van der Waals surface area contributed by atoms with Crippen LogP contribution in [0.5, 0.6) is 0 Å². The van der Waals surface area contributed by atoms with Crippen LogP contribution in [0.1, 0.15) is 35.1 Å². The van der Waals surface area contributed by atoms with Crippen molar-refractivity contribution in [3.8, 4) is 11.4 Å². The number of nitrogens with zero attached hydrogens (tertiary/aromatic N) is 5. The third-order valence-corrected chi connectivity index (χ3v) is 5.44. The zero-order valence-electron chi connectivity index (χ0n) is 16.2. The van der Waals surface area contributed by atoms with Crippen LogP contribution in [-0.2, 0) is 0 Å². The van der Waals surface area contributed by atoms with E-state index in [0.717, 1.165) is 18.4 Å². The summed E-state index contributed by atoms with van der Waals surface area (Å²) < 4.78 is 5.50. The predicted molar refractivity (Wildman–Crippen MR) is 108 cm³/mol. The molecule has 2 fully saturated rings. The number of aromatic nitrogens is 3. The zero-order chi connectivity index (χ0) is 20.5. The summed E-state index contributed by atoms with van der Waals surface area (Å²) in [6.07, 6.45) is 4.96. The smallest absolute Gasteiger partial charge is 0.321 e. The topological polar surface area (TPSA) is 104 Å². The molecule has 0 saturated carbocycles. The van der Waals surface area contributed by atoms with Crippen LogP contribution in [0, 0.1) is 0 Å². The van der Waals surface area contributed by atoms with Crippen molar-refractivity contribution in [2.45, 2.75) is 18.9 Å². The number of carbonyl (C=O) groups excluding carboxylic acids is 2. The van der Waals surface area contributed by atoms with Crippen molar-refractivity contribution in [3.05, 3.63) is 60.2 Å². The quantitative estimate of drug-likeness (QED) is 0.717. The van der Waals surface area contributed by atoms with Gasteiger partial charge in [0.1, 0.15) is 6.04 Å². The second kappa shape index (κ2) is 7.58. The Balaban J connectivity index is 1.38. The highest BCUT2D eigenvalue weighted by Crippen LogP contribution is 2.33. The number of benzene rings is 1. The lowest BCUT2D eigenvalue weighted by molar-refractivity contribution is 0.0710. The average molecular weight is 404 g/mol. The number of hydrogen-bond donors (Lipinski definition) is 1. The highest BCUT2D eigenvalue weighted by molar-refractivity contribution is 5.98. The van der Waals surface area contributed by atoms with Gasteiger partial charge in [0.15, 0.2) is 0 Å². The van der Waals surface area contributed by atoms with Gasteiger partial charge < -0.3 is 14.7 Å². The molecule has 2 aromatic heterocycles. The van der Waals surface area contributed by atoms with Gasteiger partial charge in [-0.25, -0.2) is 4.79 Å². The van der Waals surface area contributed by atoms with Crippen molar-refractivity contribution >= 4 is 17.6 Å². The summed E-state index contributed by atoms with van der Waals surface area (Å²) in [5, 5.41) is 6.85. The fourth-order valence-corrected chi connectivity index (χ4v) is 3.95. The van der Waals surface area contributed by atoms with Gasteiger partial charge in [-0.15, -0.1) is 0 Å². The molecule has 152 valence electrons. The molecule has 4 heterocycles. The van der Waals surface area contributed by atoms with Crippen LogP contribution in [0.15, 0.2) is 53.3 Å². The molecule has 0 radical (unpaired) electrons. The van der Waals surface area contributed by atoms with Crippen LogP contribution in [0.4, 0.5) is 10.5 Å². The molecule has 0 aliphatic carbocycles. The molecule has 9 nitrogen and oxygen atoms in total. The van der Waals surface area contributed by atoms with Gasteiger partial charge in [0, 0.05) is 48.8 Å². The van der Waals surface area contributed by atoms with Gasteiger partial charge in [0.2, 0.25) is 11.7 Å². The van der Waals surface area contributed by atoms with Crippen molar-refractivity contribution in [1.82, 2.24) is 25.3 Å². The Kier molecular flexibility index (Phi) is 4.62. The molecule has 2 aliphatic rings. The Labute approximate surface area is 172 Å². The molecule has 2 aliphatic heterocycles. The highest BCUT2D eigenvalue weighted by atomic mass is 16.5. The van der Waals surface area contributed by atoms with E-state index in [1.54, 1.807) is 40.4 Å². The fraction of sp³-hybridized carbons (Fsp3) is 0.286. The van der Waals surface area contributed by atoms with E-state index in [4.69, 9.17) is 4.52 Å². The molecule has 5 rings (SSSR count). The van der Waals surface area contributed by atoms with Gasteiger partial charge in [-0.3, -0.25) is 14.7 Å². The van der Waals surface area contributed by atoms with Crippen molar-refractivity contribution in [3.63, 3.8) is 0 Å². The summed E-state index contributed by atoms with van der Waals surface area (Å²) in [5.74, 6) is 0.805. The summed E-state index contributed by atoms with van der Waals surface area (Å²) in [6.45, 7) is 1.80. The number of rotatable bonds is 4. The summed E-state index contributed by atoms with van der Waals surface area (Å²) in [5.41, 5.74) is 2.06. The molecular weight excluding hydrogens is 384 g/mol. The minimum atomic E-state index is -0.265. The molecule has 3 aromatic rings. The Morgan fingerprint density at radius 1 is 1.17 bits per heavy atom. The SMILES string of the molecule is O=C1NCCN1c1cccc(C(=O)N2CCC[C@H]2c2nc(-c3ccncc3)no2)c1. The van der Waals surface area contributed by atoms with E-state index < -0.39 is 0 Å². The number of carbonyl (C=O) groups is 2. The second-order valence-electron chi connectivity index (χ2n) is 7.28. The average Bonchev–Trinajstić information content (AvgIpc) is 3.54. The van der Waals surface area contributed by atoms with Gasteiger partial charge in [-0.2, -0.15) is 4.98 Å². The lowest BCUT2D eigenvalue weighted by Gasteiger charge is -2.23. The summed E-state index contributed by atoms with van der Waals surface area (Å²) in [4.78, 5) is 37.1. The molecule has 9 heteroatoms. The maximum absolute atomic E-state index is 13.3. The van der Waals surface area contributed by atoms with Crippen LogP contribution in [-0.4, -0.2) is 51.6 Å². The number of hydrogen-bond acceptors (Lipinski definition) is 6. The maximum Gasteiger partial charge on any atom is 0.321 e. The van der Waals surface area contributed by atoms with Crippen LogP contribution in [0.3, 0.4) is 0 Å². The van der Waals surface area contributed by atoms with Gasteiger partial charge in [0.05, 0.1) is 0 Å². The van der Waals surface area contributed by atoms with Crippen molar-refractivity contribution in [1.29, 1.82) is 0 Å². The number of nitrogens with one attached hydrogen (secondary N) is 1. The third kappa shape index (κ3) is 3.28. The van der Waals surface area contributed by atoms with Crippen molar-refractivity contribution in [2.75, 3.05) is 24.5 Å². The number of pyridine rings is 1. The molecular formula is C21H20N6O3. The first kappa shape index (κ1) is 18.3. The lowest BCUT2D eigenvalue weighted by atomic mass is 10.1. The van der Waals surface area contributed by atoms with E-state index in [1.165, 1.54) is 0 Å². The van der Waals surface area contributed by atoms with Gasteiger partial charge >= 0.3 is 6.03 Å². The van der Waals surface area contributed by atoms with E-state index in [9.17, 15) is 9.59 Å². The molecule has 30 heavy (non-hydrogen) atoms. The maximum atomic E-state index is 13.3. The summed E-state index contributed by atoms with van der Waals surface area (Å²) in [6, 6.07) is 10.4. The standard InChI is InChI=1S/C21H20N6O3/c28-20(15-3-1-4-16(13-15)26-12-10-23-21(26)29)27-11-2-5-17(27)19-24-18(25-30-19)14-6-8-22-9-7-14/h1,3-4,6-9,13,17H,2,5,10-12H2,(H,23,29)/t17-/m0/s1. The van der Waals surface area contributed by atoms with Crippen molar-refractivity contribution < 1.29 is 14.1 Å². The van der Waals surface area contributed by atoms with Gasteiger partial charge in [0.25, 0.3) is 5.91 Å². The van der Waals surface area contributed by atoms with Crippen molar-refractivity contribution in [2.24, 2.45) is 0 Å². The molecule has 0 bridgehead atoms. The number of likely N-dealkylation sites (tertiary alicyclic amines) is 1. The molecule has 3 amide bonds. The minimum absolute atomic E-state index is 0.109. The molecule has 0 spiro atoms. The Morgan fingerprint density at radius 2 is 2.03 bits per heavy atom. The molecule has 0 unspecified atom stereocenters. The highest BCUT2D eigenvalue weighted by Gasteiger charge is 2.35. The van der Waals surface area contributed by atoms with Gasteiger partial charge in [-0.05, 0) is 43.2 Å². The van der Waals surface area contributed by atoms with E-state index in [2.05, 4.69) is 20.4 Å². The number of anilines is 1. The minimum Gasteiger partial charge on any atom is -0.337 e. The molecule has 1 N–H and O–H groups in total. The molecule has 1 aromatic carbocycles. The van der Waals surface area contributed by atoms with Gasteiger partial charge in [-0.1, -0.05) is 11.2 Å². The molecule has 2 saturated heterocycles. The summed E-state index contributed by atoms with van der Waals surface area (Å²) >= 11 is 0. The Hall–Kier alpha value is -3.75. The molecule has 1 atom stereocenters. The van der Waals surface area contributed by atoms with E-state index >= 15 is 0 Å². The third-order valence-electron chi connectivity index (χ3n) is 5.44. The Bertz CT molecular complexity index is 1080. The summed E-state index contributed by atoms with van der Waals surface area (Å²) in [7, 11) is 0. The lowest BCUT2D eigenvalue weighted by Crippen LogP contribution is -2.31. The monoisotopic (exact) mass is 404 g/mol. The fourth-order valence-electron chi connectivity index (χ4n) is 3.95. The largest absolute Gasteiger partial charge is 0.337 e.